The fraction of sp³-hybridized carbons (Fsp3) is 0.444. The Labute approximate surface area is 76.2 Å². The maximum absolute atomic E-state index is 9.92. The molecular formula is C9H12O2S. The molecule has 0 amide bonds. The second-order valence-electron chi connectivity index (χ2n) is 2.40. The minimum Gasteiger partial charge on any atom is -0.381 e. The molecule has 66 valence electrons. The largest absolute Gasteiger partial charge is 0.381 e. The van der Waals surface area contributed by atoms with Crippen LogP contribution in [0.2, 0.25) is 0 Å². The third kappa shape index (κ3) is 3.64. The third-order valence-corrected chi connectivity index (χ3v) is 2.39. The molecule has 0 aliphatic heterocycles. The molecule has 3 heteroatoms. The number of carbonyl (C=O) groups excluding carboxylic acids is 1. The van der Waals surface area contributed by atoms with Gasteiger partial charge in [-0.3, -0.25) is 0 Å². The molecule has 12 heavy (non-hydrogen) atoms. The van der Waals surface area contributed by atoms with Gasteiger partial charge >= 0.3 is 0 Å². The van der Waals surface area contributed by atoms with Crippen molar-refractivity contribution in [1.82, 2.24) is 0 Å². The van der Waals surface area contributed by atoms with Crippen LogP contribution in [0.25, 0.3) is 0 Å². The van der Waals surface area contributed by atoms with E-state index in [0.717, 1.165) is 12.7 Å². The summed E-state index contributed by atoms with van der Waals surface area (Å²) in [6.45, 7) is 1.27. The highest BCUT2D eigenvalue weighted by molar-refractivity contribution is 7.09. The Hall–Kier alpha value is -0.670. The monoisotopic (exact) mass is 184 g/mol. The van der Waals surface area contributed by atoms with E-state index in [1.54, 1.807) is 11.3 Å². The van der Waals surface area contributed by atoms with Crippen LogP contribution in [0, 0.1) is 0 Å². The van der Waals surface area contributed by atoms with Gasteiger partial charge in [0.1, 0.15) is 6.29 Å². The molecule has 0 N–H and O–H groups in total. The summed E-state index contributed by atoms with van der Waals surface area (Å²) in [7, 11) is 0. The van der Waals surface area contributed by atoms with E-state index in [-0.39, 0.29) is 0 Å². The van der Waals surface area contributed by atoms with E-state index in [1.807, 2.05) is 6.07 Å². The SMILES string of the molecule is O=CCCOCCc1cccs1. The molecule has 1 aromatic heterocycles. The molecule has 2 nitrogen and oxygen atoms in total. The Morgan fingerprint density at radius 2 is 2.42 bits per heavy atom. The number of rotatable bonds is 6. The molecule has 1 rings (SSSR count). The lowest BCUT2D eigenvalue weighted by Gasteiger charge is -1.98. The van der Waals surface area contributed by atoms with Crippen LogP contribution in [0.3, 0.4) is 0 Å². The van der Waals surface area contributed by atoms with E-state index >= 15 is 0 Å². The molecule has 0 aromatic carbocycles. The number of ether oxygens (including phenoxy) is 1. The second-order valence-corrected chi connectivity index (χ2v) is 3.43. The van der Waals surface area contributed by atoms with Crippen molar-refractivity contribution in [2.24, 2.45) is 0 Å². The van der Waals surface area contributed by atoms with Gasteiger partial charge in [0.25, 0.3) is 0 Å². The molecule has 0 atom stereocenters. The first-order valence-corrected chi connectivity index (χ1v) is 4.85. The van der Waals surface area contributed by atoms with Crippen LogP contribution in [-0.4, -0.2) is 19.5 Å². The minimum atomic E-state index is 0.504. The van der Waals surface area contributed by atoms with Crippen molar-refractivity contribution in [2.45, 2.75) is 12.8 Å². The minimum absolute atomic E-state index is 0.504. The van der Waals surface area contributed by atoms with E-state index in [9.17, 15) is 4.79 Å². The highest BCUT2D eigenvalue weighted by Gasteiger charge is 1.92. The average molecular weight is 184 g/mol. The van der Waals surface area contributed by atoms with Crippen LogP contribution in [0.4, 0.5) is 0 Å². The van der Waals surface area contributed by atoms with Gasteiger partial charge in [-0.25, -0.2) is 0 Å². The van der Waals surface area contributed by atoms with Crippen molar-refractivity contribution in [3.05, 3.63) is 22.4 Å². The molecule has 0 unspecified atom stereocenters. The highest BCUT2D eigenvalue weighted by atomic mass is 32.1. The smallest absolute Gasteiger partial charge is 0.122 e. The predicted molar refractivity (Wildman–Crippen MR) is 49.5 cm³/mol. The summed E-state index contributed by atoms with van der Waals surface area (Å²) >= 11 is 1.74. The number of thiophene rings is 1. The van der Waals surface area contributed by atoms with Crippen LogP contribution in [0.5, 0.6) is 0 Å². The molecule has 0 fully saturated rings. The molecule has 0 radical (unpaired) electrons. The zero-order valence-electron chi connectivity index (χ0n) is 6.86. The molecule has 0 bridgehead atoms. The first-order chi connectivity index (χ1) is 5.93. The number of hydrogen-bond acceptors (Lipinski definition) is 3. The van der Waals surface area contributed by atoms with Gasteiger partial charge in [-0.15, -0.1) is 11.3 Å². The van der Waals surface area contributed by atoms with Crippen LogP contribution in [-0.2, 0) is 16.0 Å². The Kier molecular flexibility index (Phi) is 4.64. The third-order valence-electron chi connectivity index (χ3n) is 1.45. The van der Waals surface area contributed by atoms with Gasteiger partial charge in [-0.2, -0.15) is 0 Å². The average Bonchev–Trinajstić information content (AvgIpc) is 2.57. The van der Waals surface area contributed by atoms with Crippen molar-refractivity contribution >= 4 is 17.6 Å². The van der Waals surface area contributed by atoms with Crippen LogP contribution in [0.15, 0.2) is 17.5 Å². The Morgan fingerprint density at radius 1 is 1.50 bits per heavy atom. The molecule has 0 saturated carbocycles. The fourth-order valence-corrected chi connectivity index (χ4v) is 1.55. The highest BCUT2D eigenvalue weighted by Crippen LogP contribution is 2.08. The summed E-state index contributed by atoms with van der Waals surface area (Å²) < 4.78 is 5.22. The quantitative estimate of drug-likeness (QED) is 0.498. The van der Waals surface area contributed by atoms with Crippen molar-refractivity contribution in [2.75, 3.05) is 13.2 Å². The lowest BCUT2D eigenvalue weighted by atomic mass is 10.4. The van der Waals surface area contributed by atoms with Crippen LogP contribution >= 0.6 is 11.3 Å². The van der Waals surface area contributed by atoms with Crippen molar-refractivity contribution in [1.29, 1.82) is 0 Å². The Balaban J connectivity index is 2.00. The van der Waals surface area contributed by atoms with E-state index in [2.05, 4.69) is 11.4 Å². The summed E-state index contributed by atoms with van der Waals surface area (Å²) in [5.41, 5.74) is 0. The molecule has 1 heterocycles. The molecule has 1 aromatic rings. The standard InChI is InChI=1S/C9H12O2S/c10-5-2-6-11-7-4-9-3-1-8-12-9/h1,3,5,8H,2,4,6-7H2. The van der Waals surface area contributed by atoms with Gasteiger partial charge in [0, 0.05) is 17.7 Å². The summed E-state index contributed by atoms with van der Waals surface area (Å²) in [5, 5.41) is 2.06. The molecular weight excluding hydrogens is 172 g/mol. The first-order valence-electron chi connectivity index (χ1n) is 3.97. The maximum Gasteiger partial charge on any atom is 0.122 e. The number of hydrogen-bond donors (Lipinski definition) is 0. The van der Waals surface area contributed by atoms with Gasteiger partial charge in [0.15, 0.2) is 0 Å². The second kappa shape index (κ2) is 5.91. The maximum atomic E-state index is 9.92. The van der Waals surface area contributed by atoms with Gasteiger partial charge in [-0.1, -0.05) is 6.07 Å². The zero-order valence-corrected chi connectivity index (χ0v) is 7.68. The molecule has 0 aliphatic rings. The lowest BCUT2D eigenvalue weighted by molar-refractivity contribution is -0.108. The summed E-state index contributed by atoms with van der Waals surface area (Å²) in [5.74, 6) is 0. The summed E-state index contributed by atoms with van der Waals surface area (Å²) in [4.78, 5) is 11.3. The van der Waals surface area contributed by atoms with Crippen molar-refractivity contribution in [3.63, 3.8) is 0 Å². The normalized spacial score (nSPS) is 10.0. The first kappa shape index (κ1) is 9.42. The molecule has 0 spiro atoms. The Bertz CT molecular complexity index is 206. The summed E-state index contributed by atoms with van der Waals surface area (Å²) in [6, 6.07) is 4.12. The van der Waals surface area contributed by atoms with Gasteiger partial charge in [0.05, 0.1) is 13.2 Å². The zero-order chi connectivity index (χ0) is 8.65. The summed E-state index contributed by atoms with van der Waals surface area (Å²) in [6.07, 6.45) is 2.34. The lowest BCUT2D eigenvalue weighted by Crippen LogP contribution is -1.99. The topological polar surface area (TPSA) is 26.3 Å². The van der Waals surface area contributed by atoms with E-state index in [0.29, 0.717) is 19.6 Å². The Morgan fingerprint density at radius 3 is 3.08 bits per heavy atom. The van der Waals surface area contributed by atoms with Crippen molar-refractivity contribution < 1.29 is 9.53 Å². The van der Waals surface area contributed by atoms with E-state index < -0.39 is 0 Å². The predicted octanol–water partition coefficient (Wildman–Crippen LogP) is 1.90. The van der Waals surface area contributed by atoms with E-state index in [4.69, 9.17) is 4.74 Å². The number of aldehydes is 1. The van der Waals surface area contributed by atoms with Crippen molar-refractivity contribution in [3.8, 4) is 0 Å². The van der Waals surface area contributed by atoms with E-state index in [1.165, 1.54) is 4.88 Å². The van der Waals surface area contributed by atoms with Gasteiger partial charge in [0.2, 0.25) is 0 Å². The van der Waals surface area contributed by atoms with Gasteiger partial charge < -0.3 is 9.53 Å². The van der Waals surface area contributed by atoms with Gasteiger partial charge in [-0.05, 0) is 11.4 Å². The van der Waals surface area contributed by atoms with Crippen LogP contribution in [0.1, 0.15) is 11.3 Å². The number of carbonyl (C=O) groups is 1. The molecule has 0 aliphatic carbocycles. The molecule has 0 saturated heterocycles. The van der Waals surface area contributed by atoms with Crippen LogP contribution < -0.4 is 0 Å². The fourth-order valence-electron chi connectivity index (χ4n) is 0.861.